The highest BCUT2D eigenvalue weighted by atomic mass is 127. The molecule has 1 heterocycles. The number of halogens is 1. The van der Waals surface area contributed by atoms with Gasteiger partial charge in [0.1, 0.15) is 12.1 Å². The van der Waals surface area contributed by atoms with Gasteiger partial charge in [-0.15, -0.1) is 0 Å². The van der Waals surface area contributed by atoms with Crippen molar-refractivity contribution < 1.29 is 0 Å². The van der Waals surface area contributed by atoms with Crippen LogP contribution in [0.1, 0.15) is 6.92 Å². The molecule has 0 spiro atoms. The Bertz CT molecular complexity index is 266. The largest absolute Gasteiger partial charge is 0.368 e. The van der Waals surface area contributed by atoms with Crippen LogP contribution in [0.3, 0.4) is 0 Å². The first-order chi connectivity index (χ1) is 6.24. The lowest BCUT2D eigenvalue weighted by atomic mass is 10.3. The summed E-state index contributed by atoms with van der Waals surface area (Å²) in [7, 11) is 1.94. The lowest BCUT2D eigenvalue weighted by Gasteiger charge is -2.12. The molecule has 1 aromatic heterocycles. The average Bonchev–Trinajstić information content (AvgIpc) is 2.16. The van der Waals surface area contributed by atoms with Crippen LogP contribution in [0.25, 0.3) is 0 Å². The van der Waals surface area contributed by atoms with Gasteiger partial charge in [0.2, 0.25) is 0 Å². The number of hydrogen-bond acceptors (Lipinski definition) is 4. The van der Waals surface area contributed by atoms with Gasteiger partial charge in [0.15, 0.2) is 0 Å². The van der Waals surface area contributed by atoms with Gasteiger partial charge in [-0.3, -0.25) is 0 Å². The molecule has 1 rings (SSSR count). The highest BCUT2D eigenvalue weighted by molar-refractivity contribution is 14.1. The Balaban J connectivity index is 2.50. The van der Waals surface area contributed by atoms with Gasteiger partial charge in [-0.2, -0.15) is 0 Å². The monoisotopic (exact) mass is 292 g/mol. The summed E-state index contributed by atoms with van der Waals surface area (Å²) in [5, 5.41) is 6.39. The van der Waals surface area contributed by atoms with Crippen LogP contribution in [0.5, 0.6) is 0 Å². The van der Waals surface area contributed by atoms with Crippen LogP contribution in [0.2, 0.25) is 0 Å². The number of hydrogen-bond donors (Lipinski definition) is 2. The fourth-order valence-electron chi connectivity index (χ4n) is 0.795. The average molecular weight is 292 g/mol. The van der Waals surface area contributed by atoms with Crippen LogP contribution in [-0.2, 0) is 0 Å². The molecule has 0 aromatic carbocycles. The first-order valence-electron chi connectivity index (χ1n) is 4.10. The molecule has 1 atom stereocenters. The van der Waals surface area contributed by atoms with Crippen molar-refractivity contribution in [2.45, 2.75) is 13.0 Å². The molecular weight excluding hydrogens is 279 g/mol. The molecule has 5 heteroatoms. The van der Waals surface area contributed by atoms with Crippen LogP contribution >= 0.6 is 22.6 Å². The Hall–Kier alpha value is -0.430. The minimum absolute atomic E-state index is 0.436. The van der Waals surface area contributed by atoms with E-state index >= 15 is 0 Å². The van der Waals surface area contributed by atoms with Gasteiger partial charge in [-0.25, -0.2) is 9.97 Å². The van der Waals surface area contributed by atoms with Crippen molar-refractivity contribution in [1.82, 2.24) is 15.3 Å². The van der Waals surface area contributed by atoms with E-state index < -0.39 is 0 Å². The van der Waals surface area contributed by atoms with Gasteiger partial charge < -0.3 is 10.6 Å². The summed E-state index contributed by atoms with van der Waals surface area (Å²) in [5.74, 6) is 0.901. The van der Waals surface area contributed by atoms with E-state index in [1.54, 1.807) is 12.5 Å². The van der Waals surface area contributed by atoms with E-state index in [4.69, 9.17) is 0 Å². The molecular formula is C8H13IN4. The van der Waals surface area contributed by atoms with Gasteiger partial charge in [-0.1, -0.05) is 0 Å². The van der Waals surface area contributed by atoms with Gasteiger partial charge in [-0.05, 0) is 36.6 Å². The maximum absolute atomic E-state index is 4.13. The van der Waals surface area contributed by atoms with Crippen molar-refractivity contribution >= 4 is 28.4 Å². The molecule has 1 aromatic rings. The standard InChI is InChI=1S/C8H13IN4/c1-6(10-2)3-12-8-7(9)4-11-5-13-8/h4-6,10H,3H2,1-2H3,(H,11,12,13). The van der Waals surface area contributed by atoms with Gasteiger partial charge in [0, 0.05) is 18.8 Å². The van der Waals surface area contributed by atoms with Crippen molar-refractivity contribution in [1.29, 1.82) is 0 Å². The maximum Gasteiger partial charge on any atom is 0.142 e. The molecule has 2 N–H and O–H groups in total. The summed E-state index contributed by atoms with van der Waals surface area (Å²) in [4.78, 5) is 8.04. The predicted molar refractivity (Wildman–Crippen MR) is 61.8 cm³/mol. The molecule has 0 saturated heterocycles. The van der Waals surface area contributed by atoms with Crippen LogP contribution in [0.4, 0.5) is 5.82 Å². The van der Waals surface area contributed by atoms with E-state index in [9.17, 15) is 0 Å². The van der Waals surface area contributed by atoms with E-state index in [0.29, 0.717) is 6.04 Å². The third-order valence-electron chi connectivity index (χ3n) is 1.74. The third-order valence-corrected chi connectivity index (χ3v) is 2.53. The van der Waals surface area contributed by atoms with Crippen LogP contribution < -0.4 is 10.6 Å². The zero-order valence-corrected chi connectivity index (χ0v) is 9.87. The van der Waals surface area contributed by atoms with E-state index in [-0.39, 0.29) is 0 Å². The summed E-state index contributed by atoms with van der Waals surface area (Å²) in [5.41, 5.74) is 0. The Morgan fingerprint density at radius 1 is 1.62 bits per heavy atom. The molecule has 0 radical (unpaired) electrons. The topological polar surface area (TPSA) is 49.8 Å². The maximum atomic E-state index is 4.13. The summed E-state index contributed by atoms with van der Waals surface area (Å²) < 4.78 is 1.04. The van der Waals surface area contributed by atoms with Crippen LogP contribution in [0, 0.1) is 3.57 Å². The second-order valence-corrected chi connectivity index (χ2v) is 3.95. The highest BCUT2D eigenvalue weighted by Gasteiger charge is 2.01. The quantitative estimate of drug-likeness (QED) is 0.816. The number of nitrogens with zero attached hydrogens (tertiary/aromatic N) is 2. The Morgan fingerprint density at radius 2 is 2.38 bits per heavy atom. The van der Waals surface area contributed by atoms with Crippen molar-refractivity contribution in [3.8, 4) is 0 Å². The van der Waals surface area contributed by atoms with Gasteiger partial charge in [0.25, 0.3) is 0 Å². The molecule has 0 amide bonds. The van der Waals surface area contributed by atoms with Crippen LogP contribution in [0.15, 0.2) is 12.5 Å². The minimum atomic E-state index is 0.436. The summed E-state index contributed by atoms with van der Waals surface area (Å²) in [6, 6.07) is 0.436. The second kappa shape index (κ2) is 5.33. The van der Waals surface area contributed by atoms with Crippen molar-refractivity contribution in [2.24, 2.45) is 0 Å². The lowest BCUT2D eigenvalue weighted by molar-refractivity contribution is 0.637. The lowest BCUT2D eigenvalue weighted by Crippen LogP contribution is -2.29. The summed E-state index contributed by atoms with van der Waals surface area (Å²) in [6.45, 7) is 2.98. The number of aromatic nitrogens is 2. The first-order valence-corrected chi connectivity index (χ1v) is 5.18. The molecule has 72 valence electrons. The molecule has 4 nitrogen and oxygen atoms in total. The first kappa shape index (κ1) is 10.6. The Kier molecular flexibility index (Phi) is 4.37. The fourth-order valence-corrected chi connectivity index (χ4v) is 1.29. The van der Waals surface area contributed by atoms with E-state index in [0.717, 1.165) is 15.9 Å². The second-order valence-electron chi connectivity index (χ2n) is 2.79. The fraction of sp³-hybridized carbons (Fsp3) is 0.500. The SMILES string of the molecule is CNC(C)CNc1ncncc1I. The van der Waals surface area contributed by atoms with Gasteiger partial charge in [0.05, 0.1) is 3.57 Å². The Labute approximate surface area is 91.7 Å². The zero-order valence-electron chi connectivity index (χ0n) is 7.71. The van der Waals surface area contributed by atoms with E-state index in [2.05, 4.69) is 50.1 Å². The zero-order chi connectivity index (χ0) is 9.68. The molecule has 13 heavy (non-hydrogen) atoms. The molecule has 0 fully saturated rings. The van der Waals surface area contributed by atoms with E-state index in [1.807, 2.05) is 7.05 Å². The van der Waals surface area contributed by atoms with E-state index in [1.165, 1.54) is 0 Å². The summed E-state index contributed by atoms with van der Waals surface area (Å²) >= 11 is 2.21. The van der Waals surface area contributed by atoms with Crippen LogP contribution in [-0.4, -0.2) is 29.6 Å². The highest BCUT2D eigenvalue weighted by Crippen LogP contribution is 2.11. The smallest absolute Gasteiger partial charge is 0.142 e. The van der Waals surface area contributed by atoms with Crippen molar-refractivity contribution in [2.75, 3.05) is 18.9 Å². The summed E-state index contributed by atoms with van der Waals surface area (Å²) in [6.07, 6.45) is 3.34. The third kappa shape index (κ3) is 3.43. The molecule has 0 aliphatic rings. The molecule has 0 aliphatic heterocycles. The van der Waals surface area contributed by atoms with Crippen molar-refractivity contribution in [3.63, 3.8) is 0 Å². The molecule has 0 aliphatic carbocycles. The molecule has 1 unspecified atom stereocenters. The Morgan fingerprint density at radius 3 is 3.00 bits per heavy atom. The minimum Gasteiger partial charge on any atom is -0.368 e. The molecule has 0 saturated carbocycles. The predicted octanol–water partition coefficient (Wildman–Crippen LogP) is 1.10. The van der Waals surface area contributed by atoms with Gasteiger partial charge >= 0.3 is 0 Å². The molecule has 0 bridgehead atoms. The number of nitrogens with one attached hydrogen (secondary N) is 2. The number of rotatable bonds is 4. The number of anilines is 1. The number of likely N-dealkylation sites (N-methyl/N-ethyl adjacent to an activating group) is 1. The normalized spacial score (nSPS) is 12.5. The van der Waals surface area contributed by atoms with Crippen molar-refractivity contribution in [3.05, 3.63) is 16.1 Å².